The summed E-state index contributed by atoms with van der Waals surface area (Å²) in [5, 5.41) is 5.13. The highest BCUT2D eigenvalue weighted by Gasteiger charge is 2.40. The molecule has 0 fully saturated rings. The molecule has 0 aliphatic heterocycles. The van der Waals surface area contributed by atoms with Gasteiger partial charge >= 0.3 is 0 Å². The highest BCUT2D eigenvalue weighted by molar-refractivity contribution is 6.18. The SMILES string of the molecule is CC1(C)c2ccccc2-c2cc3ccc4ccccc4c3c(N(c3ccccc3)c3ccccc3)c21. The first-order chi connectivity index (χ1) is 17.6. The van der Waals surface area contributed by atoms with Crippen LogP contribution in [0.15, 0.2) is 127 Å². The first-order valence-electron chi connectivity index (χ1n) is 12.6. The van der Waals surface area contributed by atoms with Crippen molar-refractivity contribution >= 4 is 38.6 Å². The summed E-state index contributed by atoms with van der Waals surface area (Å²) in [6, 6.07) is 46.3. The Balaban J connectivity index is 1.72. The van der Waals surface area contributed by atoms with E-state index in [0.717, 1.165) is 11.4 Å². The van der Waals surface area contributed by atoms with E-state index in [1.165, 1.54) is 49.5 Å². The fraction of sp³-hybridized carbons (Fsp3) is 0.0857. The predicted octanol–water partition coefficient (Wildman–Crippen LogP) is 9.77. The Hall–Kier alpha value is -4.36. The summed E-state index contributed by atoms with van der Waals surface area (Å²) in [6.07, 6.45) is 0. The Kier molecular flexibility index (Phi) is 4.56. The van der Waals surface area contributed by atoms with Crippen molar-refractivity contribution < 1.29 is 0 Å². The van der Waals surface area contributed by atoms with Crippen LogP contribution in [0.2, 0.25) is 0 Å². The molecule has 6 aromatic carbocycles. The van der Waals surface area contributed by atoms with E-state index in [1.807, 2.05) is 0 Å². The van der Waals surface area contributed by atoms with Crippen molar-refractivity contribution in [1.82, 2.24) is 0 Å². The molecule has 0 heterocycles. The van der Waals surface area contributed by atoms with Crippen LogP contribution in [0, 0.1) is 0 Å². The summed E-state index contributed by atoms with van der Waals surface area (Å²) >= 11 is 0. The molecule has 0 saturated heterocycles. The number of fused-ring (bicyclic) bond motifs is 6. The average molecular weight is 462 g/mol. The molecule has 0 radical (unpaired) electrons. The minimum Gasteiger partial charge on any atom is -0.310 e. The number of anilines is 3. The number of nitrogens with zero attached hydrogens (tertiary/aromatic N) is 1. The summed E-state index contributed by atoms with van der Waals surface area (Å²) in [5.74, 6) is 0. The Labute approximate surface area is 212 Å². The normalized spacial score (nSPS) is 13.5. The molecule has 6 aromatic rings. The van der Waals surface area contributed by atoms with Gasteiger partial charge in [0, 0.05) is 22.2 Å². The smallest absolute Gasteiger partial charge is 0.0593 e. The van der Waals surface area contributed by atoms with E-state index in [4.69, 9.17) is 0 Å². The molecule has 0 atom stereocenters. The van der Waals surface area contributed by atoms with E-state index < -0.39 is 0 Å². The van der Waals surface area contributed by atoms with Gasteiger partial charge in [0.2, 0.25) is 0 Å². The number of rotatable bonds is 3. The lowest BCUT2D eigenvalue weighted by Crippen LogP contribution is -2.21. The van der Waals surface area contributed by atoms with Gasteiger partial charge in [0.15, 0.2) is 0 Å². The van der Waals surface area contributed by atoms with Gasteiger partial charge in [-0.1, -0.05) is 111 Å². The lowest BCUT2D eigenvalue weighted by Gasteiger charge is -2.33. The van der Waals surface area contributed by atoms with Gasteiger partial charge in [-0.3, -0.25) is 0 Å². The molecule has 1 aliphatic rings. The van der Waals surface area contributed by atoms with E-state index >= 15 is 0 Å². The predicted molar refractivity (Wildman–Crippen MR) is 154 cm³/mol. The van der Waals surface area contributed by atoms with Crippen molar-refractivity contribution in [3.05, 3.63) is 139 Å². The number of para-hydroxylation sites is 2. The highest BCUT2D eigenvalue weighted by Crippen LogP contribution is 2.57. The number of hydrogen-bond acceptors (Lipinski definition) is 1. The molecule has 0 bridgehead atoms. The second kappa shape index (κ2) is 7.83. The molecule has 172 valence electrons. The highest BCUT2D eigenvalue weighted by atomic mass is 15.1. The summed E-state index contributed by atoms with van der Waals surface area (Å²) in [7, 11) is 0. The first-order valence-corrected chi connectivity index (χ1v) is 12.6. The fourth-order valence-electron chi connectivity index (χ4n) is 6.18. The van der Waals surface area contributed by atoms with E-state index in [1.54, 1.807) is 0 Å². The average Bonchev–Trinajstić information content (AvgIpc) is 3.16. The van der Waals surface area contributed by atoms with Crippen molar-refractivity contribution in [2.45, 2.75) is 19.3 Å². The maximum Gasteiger partial charge on any atom is 0.0593 e. The molecule has 1 nitrogen and oxygen atoms in total. The van der Waals surface area contributed by atoms with Crippen LogP contribution in [-0.4, -0.2) is 0 Å². The van der Waals surface area contributed by atoms with Gasteiger partial charge in [-0.2, -0.15) is 0 Å². The van der Waals surface area contributed by atoms with Crippen molar-refractivity contribution in [3.8, 4) is 11.1 Å². The molecule has 0 spiro atoms. The maximum absolute atomic E-state index is 2.47. The number of hydrogen-bond donors (Lipinski definition) is 0. The second-order valence-electron chi connectivity index (χ2n) is 10.2. The molecular formula is C35H27N. The van der Waals surface area contributed by atoms with Gasteiger partial charge in [-0.15, -0.1) is 0 Å². The van der Waals surface area contributed by atoms with Gasteiger partial charge in [0.25, 0.3) is 0 Å². The molecule has 1 aliphatic carbocycles. The third-order valence-electron chi connectivity index (χ3n) is 7.77. The summed E-state index contributed by atoms with van der Waals surface area (Å²) in [6.45, 7) is 4.76. The Bertz CT molecular complexity index is 1710. The second-order valence-corrected chi connectivity index (χ2v) is 10.2. The Morgan fingerprint density at radius 1 is 0.528 bits per heavy atom. The van der Waals surface area contributed by atoms with Gasteiger partial charge in [-0.25, -0.2) is 0 Å². The number of benzene rings is 6. The topological polar surface area (TPSA) is 3.24 Å². The van der Waals surface area contributed by atoms with E-state index in [2.05, 4.69) is 146 Å². The van der Waals surface area contributed by atoms with E-state index in [-0.39, 0.29) is 5.41 Å². The summed E-state index contributed by atoms with van der Waals surface area (Å²) in [4.78, 5) is 2.47. The van der Waals surface area contributed by atoms with E-state index in [9.17, 15) is 0 Å². The van der Waals surface area contributed by atoms with Crippen LogP contribution in [0.4, 0.5) is 17.1 Å². The standard InChI is InChI=1S/C35H27N/c1-35(2)31-20-12-11-19-29(31)30-23-25-22-21-24-13-9-10-18-28(24)32(25)34(33(30)35)36(26-14-5-3-6-15-26)27-16-7-4-8-17-27/h3-23H,1-2H3. The summed E-state index contributed by atoms with van der Waals surface area (Å²) < 4.78 is 0. The maximum atomic E-state index is 2.47. The van der Waals surface area contributed by atoms with Crippen LogP contribution in [-0.2, 0) is 5.41 Å². The minimum absolute atomic E-state index is 0.145. The first kappa shape index (κ1) is 21.0. The quantitative estimate of drug-likeness (QED) is 0.237. The van der Waals surface area contributed by atoms with Gasteiger partial charge in [0.05, 0.1) is 5.69 Å². The van der Waals surface area contributed by atoms with Gasteiger partial charge in [-0.05, 0) is 68.7 Å². The molecule has 36 heavy (non-hydrogen) atoms. The van der Waals surface area contributed by atoms with Crippen LogP contribution >= 0.6 is 0 Å². The molecule has 0 N–H and O–H groups in total. The van der Waals surface area contributed by atoms with Crippen molar-refractivity contribution in [2.75, 3.05) is 4.90 Å². The van der Waals surface area contributed by atoms with Crippen molar-refractivity contribution in [2.24, 2.45) is 0 Å². The lowest BCUT2D eigenvalue weighted by molar-refractivity contribution is 0.661. The van der Waals surface area contributed by atoms with Crippen LogP contribution < -0.4 is 4.90 Å². The van der Waals surface area contributed by atoms with Gasteiger partial charge in [0.1, 0.15) is 0 Å². The lowest BCUT2D eigenvalue weighted by atomic mass is 9.79. The van der Waals surface area contributed by atoms with Crippen LogP contribution in [0.1, 0.15) is 25.0 Å². The van der Waals surface area contributed by atoms with E-state index in [0.29, 0.717) is 0 Å². The molecule has 1 heteroatoms. The van der Waals surface area contributed by atoms with Crippen molar-refractivity contribution in [1.29, 1.82) is 0 Å². The minimum atomic E-state index is -0.145. The van der Waals surface area contributed by atoms with Gasteiger partial charge < -0.3 is 4.90 Å². The third-order valence-corrected chi connectivity index (χ3v) is 7.77. The van der Waals surface area contributed by atoms with Crippen LogP contribution in [0.5, 0.6) is 0 Å². The zero-order valence-electron chi connectivity index (χ0n) is 20.6. The Morgan fingerprint density at radius 3 is 1.83 bits per heavy atom. The largest absolute Gasteiger partial charge is 0.310 e. The third kappa shape index (κ3) is 2.96. The Morgan fingerprint density at radius 2 is 1.11 bits per heavy atom. The molecule has 7 rings (SSSR count). The molecule has 0 aromatic heterocycles. The zero-order chi connectivity index (χ0) is 24.3. The van der Waals surface area contributed by atoms with Crippen molar-refractivity contribution in [3.63, 3.8) is 0 Å². The summed E-state index contributed by atoms with van der Waals surface area (Å²) in [5.41, 5.74) is 8.92. The molecule has 0 amide bonds. The fourth-order valence-corrected chi connectivity index (χ4v) is 6.18. The van der Waals surface area contributed by atoms with Crippen LogP contribution in [0.3, 0.4) is 0 Å². The molecule has 0 unspecified atom stereocenters. The molecular weight excluding hydrogens is 434 g/mol. The van der Waals surface area contributed by atoms with Crippen LogP contribution in [0.25, 0.3) is 32.7 Å². The molecule has 0 saturated carbocycles. The monoisotopic (exact) mass is 461 g/mol. The zero-order valence-corrected chi connectivity index (χ0v) is 20.6.